The zero-order valence-electron chi connectivity index (χ0n) is 9.20. The second-order valence-corrected chi connectivity index (χ2v) is 5.10. The number of alkyl halides is 2. The van der Waals surface area contributed by atoms with Crippen LogP contribution in [0.3, 0.4) is 0 Å². The Balaban J connectivity index is 2.94. The fraction of sp³-hybridized carbons (Fsp3) is 0.364. The van der Waals surface area contributed by atoms with Crippen molar-refractivity contribution in [1.82, 2.24) is 5.32 Å². The molecule has 0 bridgehead atoms. The number of halogens is 2. The molecule has 0 unspecified atom stereocenters. The third-order valence-corrected chi connectivity index (χ3v) is 4.71. The van der Waals surface area contributed by atoms with Gasteiger partial charge in [0.2, 0.25) is 0 Å². The van der Waals surface area contributed by atoms with Gasteiger partial charge in [-0.05, 0) is 25.1 Å². The molecular weight excluding hydrogens is 354 g/mol. The van der Waals surface area contributed by atoms with Crippen LogP contribution in [0.1, 0.15) is 17.3 Å². The van der Waals surface area contributed by atoms with Crippen molar-refractivity contribution in [2.75, 3.05) is 10.7 Å². The second kappa shape index (κ2) is 5.73. The SMILES string of the molecule is CC(CBr)(CBr)NC(=O)c1cc(O)ccc1O. The predicted molar refractivity (Wildman–Crippen MR) is 73.2 cm³/mol. The number of phenols is 2. The molecule has 1 aromatic rings. The molecule has 0 fully saturated rings. The topological polar surface area (TPSA) is 69.6 Å². The van der Waals surface area contributed by atoms with Crippen molar-refractivity contribution in [1.29, 1.82) is 0 Å². The van der Waals surface area contributed by atoms with E-state index in [0.29, 0.717) is 10.7 Å². The van der Waals surface area contributed by atoms with Crippen molar-refractivity contribution in [3.05, 3.63) is 23.8 Å². The number of aromatic hydroxyl groups is 2. The summed E-state index contributed by atoms with van der Waals surface area (Å²) in [6.07, 6.45) is 0. The van der Waals surface area contributed by atoms with Gasteiger partial charge in [-0.15, -0.1) is 0 Å². The van der Waals surface area contributed by atoms with Crippen molar-refractivity contribution in [2.24, 2.45) is 0 Å². The lowest BCUT2D eigenvalue weighted by Crippen LogP contribution is -2.48. The number of amides is 1. The number of hydrogen-bond acceptors (Lipinski definition) is 3. The summed E-state index contributed by atoms with van der Waals surface area (Å²) in [7, 11) is 0. The maximum atomic E-state index is 11.9. The van der Waals surface area contributed by atoms with E-state index in [1.165, 1.54) is 18.2 Å². The average molecular weight is 367 g/mol. The minimum Gasteiger partial charge on any atom is -0.508 e. The van der Waals surface area contributed by atoms with Gasteiger partial charge in [0, 0.05) is 10.7 Å². The summed E-state index contributed by atoms with van der Waals surface area (Å²) in [6.45, 7) is 1.86. The Hall–Kier alpha value is -0.750. The van der Waals surface area contributed by atoms with E-state index in [1.807, 2.05) is 6.92 Å². The van der Waals surface area contributed by atoms with Gasteiger partial charge in [-0.3, -0.25) is 4.79 Å². The molecule has 17 heavy (non-hydrogen) atoms. The predicted octanol–water partition coefficient (Wildman–Crippen LogP) is 2.38. The van der Waals surface area contributed by atoms with Crippen LogP contribution in [0.15, 0.2) is 18.2 Å². The van der Waals surface area contributed by atoms with Crippen molar-refractivity contribution in [2.45, 2.75) is 12.5 Å². The highest BCUT2D eigenvalue weighted by Crippen LogP contribution is 2.23. The number of carbonyl (C=O) groups excluding carboxylic acids is 1. The lowest BCUT2D eigenvalue weighted by atomic mass is 10.1. The standard InChI is InChI=1S/C11H13Br2NO3/c1-11(5-12,6-13)14-10(17)8-4-7(15)2-3-9(8)16/h2-4,15-16H,5-6H2,1H3,(H,14,17). The Morgan fingerprint density at radius 3 is 2.47 bits per heavy atom. The van der Waals surface area contributed by atoms with E-state index in [9.17, 15) is 15.0 Å². The molecule has 0 aliphatic heterocycles. The highest BCUT2D eigenvalue weighted by atomic mass is 79.9. The molecule has 0 aromatic heterocycles. The van der Waals surface area contributed by atoms with Crippen molar-refractivity contribution in [3.63, 3.8) is 0 Å². The molecule has 0 aliphatic carbocycles. The van der Waals surface area contributed by atoms with Gasteiger partial charge in [0.05, 0.1) is 11.1 Å². The first-order chi connectivity index (χ1) is 7.91. The van der Waals surface area contributed by atoms with Crippen LogP contribution < -0.4 is 5.32 Å². The van der Waals surface area contributed by atoms with Crippen LogP contribution in [0.2, 0.25) is 0 Å². The van der Waals surface area contributed by atoms with Crippen LogP contribution in [0, 0.1) is 0 Å². The molecular formula is C11H13Br2NO3. The number of hydrogen-bond donors (Lipinski definition) is 3. The molecule has 0 saturated heterocycles. The van der Waals surface area contributed by atoms with Gasteiger partial charge in [0.1, 0.15) is 11.5 Å². The largest absolute Gasteiger partial charge is 0.508 e. The number of nitrogens with one attached hydrogen (secondary N) is 1. The van der Waals surface area contributed by atoms with E-state index < -0.39 is 11.4 Å². The molecule has 94 valence electrons. The fourth-order valence-electron chi connectivity index (χ4n) is 1.15. The minimum absolute atomic E-state index is 0.0538. The highest BCUT2D eigenvalue weighted by Gasteiger charge is 2.25. The monoisotopic (exact) mass is 365 g/mol. The zero-order chi connectivity index (χ0) is 13.1. The maximum Gasteiger partial charge on any atom is 0.255 e. The van der Waals surface area contributed by atoms with Crippen LogP contribution in [0.25, 0.3) is 0 Å². The van der Waals surface area contributed by atoms with E-state index in [2.05, 4.69) is 37.2 Å². The first kappa shape index (κ1) is 14.3. The quantitative estimate of drug-likeness (QED) is 0.566. The normalized spacial score (nSPS) is 11.2. The lowest BCUT2D eigenvalue weighted by Gasteiger charge is -2.26. The minimum atomic E-state index is -0.463. The summed E-state index contributed by atoms with van der Waals surface area (Å²) < 4.78 is 0. The molecule has 1 amide bonds. The summed E-state index contributed by atoms with van der Waals surface area (Å²) in [4.78, 5) is 11.9. The summed E-state index contributed by atoms with van der Waals surface area (Å²) >= 11 is 6.62. The van der Waals surface area contributed by atoms with Gasteiger partial charge in [-0.25, -0.2) is 0 Å². The number of carbonyl (C=O) groups is 1. The number of rotatable bonds is 4. The summed E-state index contributed by atoms with van der Waals surface area (Å²) in [5, 5.41) is 22.7. The van der Waals surface area contributed by atoms with Gasteiger partial charge in [0.15, 0.2) is 0 Å². The molecule has 4 nitrogen and oxygen atoms in total. The first-order valence-corrected chi connectivity index (χ1v) is 7.12. The van der Waals surface area contributed by atoms with Gasteiger partial charge in [-0.1, -0.05) is 31.9 Å². The van der Waals surface area contributed by atoms with Crippen LogP contribution >= 0.6 is 31.9 Å². The molecule has 6 heteroatoms. The van der Waals surface area contributed by atoms with Gasteiger partial charge < -0.3 is 15.5 Å². The Kier molecular flexibility index (Phi) is 4.82. The Bertz CT molecular complexity index is 419. The lowest BCUT2D eigenvalue weighted by molar-refractivity contribution is 0.0920. The van der Waals surface area contributed by atoms with Crippen molar-refractivity contribution in [3.8, 4) is 11.5 Å². The van der Waals surface area contributed by atoms with E-state index >= 15 is 0 Å². The van der Waals surface area contributed by atoms with E-state index in [0.717, 1.165) is 0 Å². The average Bonchev–Trinajstić information content (AvgIpc) is 2.32. The highest BCUT2D eigenvalue weighted by molar-refractivity contribution is 9.09. The zero-order valence-corrected chi connectivity index (χ0v) is 12.4. The number of phenolic OH excluding ortho intramolecular Hbond substituents is 2. The molecule has 1 aromatic carbocycles. The summed E-state index contributed by atoms with van der Waals surface area (Å²) in [6, 6.07) is 3.83. The molecule has 0 spiro atoms. The Labute approximate surface area is 116 Å². The third-order valence-electron chi connectivity index (χ3n) is 2.23. The maximum absolute atomic E-state index is 11.9. The second-order valence-electron chi connectivity index (χ2n) is 3.98. The van der Waals surface area contributed by atoms with E-state index in [1.54, 1.807) is 0 Å². The van der Waals surface area contributed by atoms with Gasteiger partial charge in [-0.2, -0.15) is 0 Å². The van der Waals surface area contributed by atoms with Crippen molar-refractivity contribution >= 4 is 37.8 Å². The van der Waals surface area contributed by atoms with Gasteiger partial charge in [0.25, 0.3) is 5.91 Å². The van der Waals surface area contributed by atoms with Crippen LogP contribution in [-0.2, 0) is 0 Å². The van der Waals surface area contributed by atoms with E-state index in [4.69, 9.17) is 0 Å². The molecule has 0 aliphatic rings. The molecule has 0 atom stereocenters. The Morgan fingerprint density at radius 2 is 1.94 bits per heavy atom. The molecule has 0 radical (unpaired) electrons. The van der Waals surface area contributed by atoms with Crippen LogP contribution in [-0.4, -0.2) is 32.3 Å². The molecule has 0 saturated carbocycles. The first-order valence-electron chi connectivity index (χ1n) is 4.88. The van der Waals surface area contributed by atoms with Crippen LogP contribution in [0.4, 0.5) is 0 Å². The smallest absolute Gasteiger partial charge is 0.255 e. The molecule has 1 rings (SSSR count). The Morgan fingerprint density at radius 1 is 1.35 bits per heavy atom. The van der Waals surface area contributed by atoms with Crippen molar-refractivity contribution < 1.29 is 15.0 Å². The summed E-state index contributed by atoms with van der Waals surface area (Å²) in [5.74, 6) is -0.654. The fourth-order valence-corrected chi connectivity index (χ4v) is 2.36. The third kappa shape index (κ3) is 3.61. The molecule has 3 N–H and O–H groups in total. The summed E-state index contributed by atoms with van der Waals surface area (Å²) in [5.41, 5.74) is -0.409. The van der Waals surface area contributed by atoms with E-state index in [-0.39, 0.29) is 17.1 Å². The number of benzene rings is 1. The van der Waals surface area contributed by atoms with Gasteiger partial charge >= 0.3 is 0 Å². The molecule has 0 heterocycles. The van der Waals surface area contributed by atoms with Crippen LogP contribution in [0.5, 0.6) is 11.5 Å².